The number of ketones is 1. The quantitative estimate of drug-likeness (QED) is 0.736. The van der Waals surface area contributed by atoms with E-state index in [2.05, 4.69) is 5.32 Å². The number of halogens is 1. The molecule has 6 nitrogen and oxygen atoms in total. The molecule has 1 aliphatic carbocycles. The standard InChI is InChI=1S/C23H16ClN3O3/c24-14-5-3-4-12(8-14)13-9-18(28)20-19(10-13)30-21(26)16(11-25)23(20)15-6-1-2-7-17(15)27-22(23)29/h1-8,13H,9-10,26H2,(H,27,29)/t13-,23-/m0/s1. The minimum absolute atomic E-state index is 0.0572. The lowest BCUT2D eigenvalue weighted by Gasteiger charge is -2.38. The summed E-state index contributed by atoms with van der Waals surface area (Å²) in [5.41, 5.74) is 6.68. The number of amides is 1. The SMILES string of the molecule is N#CC1=C(N)OC2=C(C(=O)C[C@H](c3cccc(Cl)c3)C2)[C@@]12C(=O)Nc1ccccc12. The first-order valence-corrected chi connectivity index (χ1v) is 9.86. The number of nitriles is 1. The number of hydrogen-bond donors (Lipinski definition) is 2. The fraction of sp³-hybridized carbons (Fsp3) is 0.174. The van der Waals surface area contributed by atoms with Crippen molar-refractivity contribution in [3.05, 3.63) is 87.5 Å². The second-order valence-electron chi connectivity index (χ2n) is 7.58. The number of anilines is 1. The van der Waals surface area contributed by atoms with Crippen LogP contribution in [0.3, 0.4) is 0 Å². The Morgan fingerprint density at radius 1 is 1.17 bits per heavy atom. The second kappa shape index (κ2) is 6.48. The summed E-state index contributed by atoms with van der Waals surface area (Å²) < 4.78 is 5.78. The Morgan fingerprint density at radius 3 is 2.73 bits per heavy atom. The Balaban J connectivity index is 1.72. The van der Waals surface area contributed by atoms with E-state index in [0.29, 0.717) is 28.5 Å². The van der Waals surface area contributed by atoms with Crippen LogP contribution in [0.2, 0.25) is 5.02 Å². The highest BCUT2D eigenvalue weighted by Gasteiger charge is 2.60. The summed E-state index contributed by atoms with van der Waals surface area (Å²) in [6, 6.07) is 16.4. The Kier molecular flexibility index (Phi) is 3.99. The summed E-state index contributed by atoms with van der Waals surface area (Å²) in [6.45, 7) is 0. The number of hydrogen-bond acceptors (Lipinski definition) is 5. The van der Waals surface area contributed by atoms with Crippen LogP contribution in [0.25, 0.3) is 0 Å². The van der Waals surface area contributed by atoms with Crippen LogP contribution in [0.1, 0.15) is 29.9 Å². The summed E-state index contributed by atoms with van der Waals surface area (Å²) in [7, 11) is 0. The maximum Gasteiger partial charge on any atom is 0.245 e. The van der Waals surface area contributed by atoms with E-state index in [1.54, 1.807) is 30.3 Å². The lowest BCUT2D eigenvalue weighted by molar-refractivity contribution is -0.123. The Hall–Kier alpha value is -3.56. The maximum absolute atomic E-state index is 13.5. The molecule has 0 saturated heterocycles. The van der Waals surface area contributed by atoms with Crippen molar-refractivity contribution < 1.29 is 14.3 Å². The van der Waals surface area contributed by atoms with Gasteiger partial charge >= 0.3 is 0 Å². The van der Waals surface area contributed by atoms with E-state index < -0.39 is 11.3 Å². The third-order valence-electron chi connectivity index (χ3n) is 6.00. The van der Waals surface area contributed by atoms with Gasteiger partial charge < -0.3 is 15.8 Å². The number of ether oxygens (including phenoxy) is 1. The number of fused-ring (bicyclic) bond motifs is 3. The number of Topliss-reactive ketones (excluding diaryl/α,β-unsaturated/α-hetero) is 1. The fourth-order valence-corrected chi connectivity index (χ4v) is 4.97. The van der Waals surface area contributed by atoms with Crippen LogP contribution in [-0.2, 0) is 19.7 Å². The van der Waals surface area contributed by atoms with Crippen LogP contribution in [-0.4, -0.2) is 11.7 Å². The number of nitrogens with two attached hydrogens (primary N) is 1. The van der Waals surface area contributed by atoms with Crippen LogP contribution in [0.15, 0.2) is 71.3 Å². The highest BCUT2D eigenvalue weighted by atomic mass is 35.5. The number of nitrogens with zero attached hydrogens (tertiary/aromatic N) is 1. The molecule has 1 amide bonds. The van der Waals surface area contributed by atoms with Crippen molar-refractivity contribution in [2.75, 3.05) is 5.32 Å². The number of carbonyl (C=O) groups excluding carboxylic acids is 2. The molecule has 0 aromatic heterocycles. The molecular formula is C23H16ClN3O3. The third kappa shape index (κ3) is 2.36. The van der Waals surface area contributed by atoms with Gasteiger partial charge in [-0.1, -0.05) is 41.9 Å². The number of allylic oxidation sites excluding steroid dienone is 1. The minimum atomic E-state index is -1.58. The van der Waals surface area contributed by atoms with Gasteiger partial charge in [-0.3, -0.25) is 9.59 Å². The van der Waals surface area contributed by atoms with Crippen LogP contribution < -0.4 is 11.1 Å². The summed E-state index contributed by atoms with van der Waals surface area (Å²) in [5, 5.41) is 13.3. The monoisotopic (exact) mass is 417 g/mol. The van der Waals surface area contributed by atoms with Crippen LogP contribution >= 0.6 is 11.6 Å². The van der Waals surface area contributed by atoms with Crippen molar-refractivity contribution in [3.8, 4) is 6.07 Å². The average Bonchev–Trinajstić information content (AvgIpc) is 3.00. The fourth-order valence-electron chi connectivity index (χ4n) is 4.77. The van der Waals surface area contributed by atoms with E-state index in [9.17, 15) is 14.9 Å². The first kappa shape index (κ1) is 18.5. The Bertz CT molecular complexity index is 1240. The maximum atomic E-state index is 13.5. The van der Waals surface area contributed by atoms with Gasteiger partial charge in [-0.25, -0.2) is 0 Å². The molecule has 0 fully saturated rings. The smallest absolute Gasteiger partial charge is 0.245 e. The molecule has 2 atom stereocenters. The molecule has 2 aromatic carbocycles. The number of nitrogens with one attached hydrogen (secondary N) is 1. The van der Waals surface area contributed by atoms with E-state index >= 15 is 0 Å². The summed E-state index contributed by atoms with van der Waals surface area (Å²) in [6.07, 6.45) is 0.552. The van der Waals surface area contributed by atoms with E-state index in [4.69, 9.17) is 22.1 Å². The van der Waals surface area contributed by atoms with Crippen molar-refractivity contribution >= 4 is 29.0 Å². The molecule has 3 N–H and O–H groups in total. The normalized spacial score (nSPS) is 24.9. The molecule has 7 heteroatoms. The Morgan fingerprint density at radius 2 is 1.97 bits per heavy atom. The molecule has 3 aliphatic rings. The van der Waals surface area contributed by atoms with Gasteiger partial charge in [-0.15, -0.1) is 0 Å². The molecular weight excluding hydrogens is 402 g/mol. The van der Waals surface area contributed by atoms with Crippen molar-refractivity contribution in [1.82, 2.24) is 0 Å². The van der Waals surface area contributed by atoms with E-state index in [-0.39, 0.29) is 35.2 Å². The van der Waals surface area contributed by atoms with Gasteiger partial charge in [0, 0.05) is 29.1 Å². The average molecular weight is 418 g/mol. The topological polar surface area (TPSA) is 105 Å². The predicted molar refractivity (Wildman–Crippen MR) is 110 cm³/mol. The summed E-state index contributed by atoms with van der Waals surface area (Å²) >= 11 is 6.13. The van der Waals surface area contributed by atoms with Crippen molar-refractivity contribution in [1.29, 1.82) is 5.26 Å². The van der Waals surface area contributed by atoms with Gasteiger partial charge in [-0.05, 0) is 29.7 Å². The Labute approximate surface area is 177 Å². The molecule has 5 rings (SSSR count). The number of rotatable bonds is 1. The highest BCUT2D eigenvalue weighted by Crippen LogP contribution is 2.55. The zero-order valence-corrected chi connectivity index (χ0v) is 16.5. The molecule has 1 spiro atoms. The molecule has 0 saturated carbocycles. The summed E-state index contributed by atoms with van der Waals surface area (Å²) in [4.78, 5) is 26.8. The van der Waals surface area contributed by atoms with Crippen molar-refractivity contribution in [2.45, 2.75) is 24.2 Å². The number of carbonyl (C=O) groups is 2. The van der Waals surface area contributed by atoms with Gasteiger partial charge in [0.05, 0.1) is 5.57 Å². The van der Waals surface area contributed by atoms with Gasteiger partial charge in [0.2, 0.25) is 11.8 Å². The zero-order valence-electron chi connectivity index (χ0n) is 15.7. The van der Waals surface area contributed by atoms with E-state index in [1.807, 2.05) is 24.3 Å². The number of para-hydroxylation sites is 1. The molecule has 0 radical (unpaired) electrons. The molecule has 0 unspecified atom stereocenters. The first-order chi connectivity index (χ1) is 14.5. The van der Waals surface area contributed by atoms with Gasteiger partial charge in [-0.2, -0.15) is 5.26 Å². The largest absolute Gasteiger partial charge is 0.444 e. The van der Waals surface area contributed by atoms with E-state index in [1.165, 1.54) is 0 Å². The number of benzene rings is 2. The highest BCUT2D eigenvalue weighted by molar-refractivity contribution is 6.30. The zero-order chi connectivity index (χ0) is 21.0. The lowest BCUT2D eigenvalue weighted by Crippen LogP contribution is -2.47. The third-order valence-corrected chi connectivity index (χ3v) is 6.24. The molecule has 30 heavy (non-hydrogen) atoms. The molecule has 2 aromatic rings. The van der Waals surface area contributed by atoms with E-state index in [0.717, 1.165) is 5.56 Å². The lowest BCUT2D eigenvalue weighted by atomic mass is 9.63. The second-order valence-corrected chi connectivity index (χ2v) is 8.02. The van der Waals surface area contributed by atoms with Gasteiger partial charge in [0.15, 0.2) is 5.78 Å². The molecule has 2 aliphatic heterocycles. The predicted octanol–water partition coefficient (Wildman–Crippen LogP) is 3.65. The molecule has 2 heterocycles. The van der Waals surface area contributed by atoms with Gasteiger partial charge in [0.1, 0.15) is 22.8 Å². The molecule has 148 valence electrons. The first-order valence-electron chi connectivity index (χ1n) is 9.48. The van der Waals surface area contributed by atoms with Gasteiger partial charge in [0.25, 0.3) is 0 Å². The van der Waals surface area contributed by atoms with Crippen LogP contribution in [0.4, 0.5) is 5.69 Å². The van der Waals surface area contributed by atoms with Crippen molar-refractivity contribution in [2.24, 2.45) is 5.73 Å². The van der Waals surface area contributed by atoms with Crippen LogP contribution in [0, 0.1) is 11.3 Å². The van der Waals surface area contributed by atoms with Crippen LogP contribution in [0.5, 0.6) is 0 Å². The van der Waals surface area contributed by atoms with Crippen molar-refractivity contribution in [3.63, 3.8) is 0 Å². The molecule has 0 bridgehead atoms. The minimum Gasteiger partial charge on any atom is -0.444 e. The summed E-state index contributed by atoms with van der Waals surface area (Å²) in [5.74, 6) is -0.688.